The molecule has 1 aromatic rings. The molecule has 1 rings (SSSR count). The zero-order valence-electron chi connectivity index (χ0n) is 11.4. The molecule has 0 radical (unpaired) electrons. The van der Waals surface area contributed by atoms with E-state index in [1.165, 1.54) is 19.2 Å². The van der Waals surface area contributed by atoms with Gasteiger partial charge in [0, 0.05) is 19.0 Å². The predicted molar refractivity (Wildman–Crippen MR) is 72.5 cm³/mol. The van der Waals surface area contributed by atoms with E-state index in [-0.39, 0.29) is 17.6 Å². The van der Waals surface area contributed by atoms with Gasteiger partial charge in [-0.15, -0.1) is 0 Å². The Morgan fingerprint density at radius 2 is 2.26 bits per heavy atom. The van der Waals surface area contributed by atoms with Crippen LogP contribution in [0, 0.1) is 11.7 Å². The lowest BCUT2D eigenvalue weighted by Gasteiger charge is -2.13. The van der Waals surface area contributed by atoms with E-state index < -0.39 is 0 Å². The van der Waals surface area contributed by atoms with Crippen molar-refractivity contribution in [1.29, 1.82) is 0 Å². The first-order valence-corrected chi connectivity index (χ1v) is 6.42. The maximum Gasteiger partial charge on any atom is 0.224 e. The number of rotatable bonds is 7. The van der Waals surface area contributed by atoms with Crippen LogP contribution in [0.15, 0.2) is 18.2 Å². The Labute approximate surface area is 113 Å². The Kier molecular flexibility index (Phi) is 6.29. The Morgan fingerprint density at radius 1 is 1.53 bits per heavy atom. The third kappa shape index (κ3) is 4.52. The van der Waals surface area contributed by atoms with Gasteiger partial charge in [-0.05, 0) is 36.6 Å². The molecule has 1 aromatic carbocycles. The summed E-state index contributed by atoms with van der Waals surface area (Å²) in [6.07, 6.45) is 1.24. The standard InChI is InChI=1S/C14H21FN2O2/c1-3-10(9-16)14(18)17-7-6-11-8-12(15)4-5-13(11)19-2/h4-5,8,10H,3,6-7,9,16H2,1-2H3,(H,17,18). The Bertz CT molecular complexity index is 420. The largest absolute Gasteiger partial charge is 0.496 e. The van der Waals surface area contributed by atoms with Crippen LogP contribution in [0.2, 0.25) is 0 Å². The van der Waals surface area contributed by atoms with Crippen LogP contribution < -0.4 is 15.8 Å². The minimum absolute atomic E-state index is 0.0552. The number of amides is 1. The minimum atomic E-state index is -0.310. The lowest BCUT2D eigenvalue weighted by molar-refractivity contribution is -0.124. The highest BCUT2D eigenvalue weighted by Gasteiger charge is 2.13. The summed E-state index contributed by atoms with van der Waals surface area (Å²) < 4.78 is 18.3. The van der Waals surface area contributed by atoms with Crippen molar-refractivity contribution >= 4 is 5.91 Å². The molecule has 106 valence electrons. The van der Waals surface area contributed by atoms with Crippen molar-refractivity contribution in [1.82, 2.24) is 5.32 Å². The highest BCUT2D eigenvalue weighted by molar-refractivity contribution is 5.78. The average Bonchev–Trinajstić information content (AvgIpc) is 2.40. The lowest BCUT2D eigenvalue weighted by atomic mass is 10.1. The first kappa shape index (κ1) is 15.4. The van der Waals surface area contributed by atoms with Gasteiger partial charge in [-0.25, -0.2) is 4.39 Å². The normalized spacial score (nSPS) is 12.0. The number of benzene rings is 1. The van der Waals surface area contributed by atoms with Crippen molar-refractivity contribution in [2.75, 3.05) is 20.2 Å². The summed E-state index contributed by atoms with van der Waals surface area (Å²) in [6, 6.07) is 4.36. The number of nitrogens with two attached hydrogens (primary N) is 1. The molecule has 0 aliphatic rings. The summed E-state index contributed by atoms with van der Waals surface area (Å²) >= 11 is 0. The summed E-state index contributed by atoms with van der Waals surface area (Å²) in [5.41, 5.74) is 6.24. The molecule has 0 bridgehead atoms. The molecule has 0 aromatic heterocycles. The molecule has 0 aliphatic heterocycles. The Balaban J connectivity index is 2.53. The number of ether oxygens (including phenoxy) is 1. The van der Waals surface area contributed by atoms with E-state index in [9.17, 15) is 9.18 Å². The first-order chi connectivity index (χ1) is 9.12. The van der Waals surface area contributed by atoms with E-state index in [1.54, 1.807) is 6.07 Å². The molecule has 1 atom stereocenters. The molecule has 0 aliphatic carbocycles. The van der Waals surface area contributed by atoms with Crippen LogP contribution in [0.5, 0.6) is 5.75 Å². The zero-order valence-corrected chi connectivity index (χ0v) is 11.4. The maximum absolute atomic E-state index is 13.1. The molecule has 0 fully saturated rings. The number of halogens is 1. The van der Waals surface area contributed by atoms with E-state index in [0.717, 1.165) is 5.56 Å². The van der Waals surface area contributed by atoms with Crippen molar-refractivity contribution in [2.45, 2.75) is 19.8 Å². The molecule has 4 nitrogen and oxygen atoms in total. The van der Waals surface area contributed by atoms with E-state index in [0.29, 0.717) is 31.7 Å². The van der Waals surface area contributed by atoms with Crippen LogP contribution in [0.3, 0.4) is 0 Å². The van der Waals surface area contributed by atoms with Crippen LogP contribution in [0.4, 0.5) is 4.39 Å². The van der Waals surface area contributed by atoms with Gasteiger partial charge in [0.25, 0.3) is 0 Å². The highest BCUT2D eigenvalue weighted by atomic mass is 19.1. The minimum Gasteiger partial charge on any atom is -0.496 e. The first-order valence-electron chi connectivity index (χ1n) is 6.42. The van der Waals surface area contributed by atoms with Crippen LogP contribution in [-0.2, 0) is 11.2 Å². The van der Waals surface area contributed by atoms with Crippen LogP contribution >= 0.6 is 0 Å². The molecule has 0 heterocycles. The van der Waals surface area contributed by atoms with E-state index in [1.807, 2.05) is 6.92 Å². The quantitative estimate of drug-likeness (QED) is 0.787. The van der Waals surface area contributed by atoms with Gasteiger partial charge in [0.2, 0.25) is 5.91 Å². The SMILES string of the molecule is CCC(CN)C(=O)NCCc1cc(F)ccc1OC. The zero-order chi connectivity index (χ0) is 14.3. The van der Waals surface area contributed by atoms with Gasteiger partial charge < -0.3 is 15.8 Å². The third-order valence-electron chi connectivity index (χ3n) is 3.08. The second kappa shape index (κ2) is 7.74. The number of hydrogen-bond acceptors (Lipinski definition) is 3. The highest BCUT2D eigenvalue weighted by Crippen LogP contribution is 2.19. The van der Waals surface area contributed by atoms with Crippen LogP contribution in [0.25, 0.3) is 0 Å². The molecule has 1 amide bonds. The van der Waals surface area contributed by atoms with Gasteiger partial charge in [0.1, 0.15) is 11.6 Å². The number of carbonyl (C=O) groups is 1. The molecule has 1 unspecified atom stereocenters. The summed E-state index contributed by atoms with van der Waals surface area (Å²) in [6.45, 7) is 2.70. The fraction of sp³-hybridized carbons (Fsp3) is 0.500. The second-order valence-corrected chi connectivity index (χ2v) is 4.34. The van der Waals surface area contributed by atoms with Gasteiger partial charge >= 0.3 is 0 Å². The molecule has 5 heteroatoms. The molecule has 0 saturated heterocycles. The monoisotopic (exact) mass is 268 g/mol. The molecular weight excluding hydrogens is 247 g/mol. The third-order valence-corrected chi connectivity index (χ3v) is 3.08. The summed E-state index contributed by atoms with van der Waals surface area (Å²) in [5, 5.41) is 2.81. The topological polar surface area (TPSA) is 64.4 Å². The molecular formula is C14H21FN2O2. The van der Waals surface area contributed by atoms with Gasteiger partial charge in [-0.1, -0.05) is 6.92 Å². The van der Waals surface area contributed by atoms with Gasteiger partial charge in [-0.3, -0.25) is 4.79 Å². The number of hydrogen-bond donors (Lipinski definition) is 2. The summed E-state index contributed by atoms with van der Waals surface area (Å²) in [5.74, 6) is 0.104. The molecule has 0 saturated carbocycles. The molecule has 0 spiro atoms. The average molecular weight is 268 g/mol. The molecule has 19 heavy (non-hydrogen) atoms. The second-order valence-electron chi connectivity index (χ2n) is 4.34. The van der Waals surface area contributed by atoms with Crippen LogP contribution in [-0.4, -0.2) is 26.1 Å². The van der Waals surface area contributed by atoms with Crippen molar-refractivity contribution in [2.24, 2.45) is 11.7 Å². The van der Waals surface area contributed by atoms with E-state index in [2.05, 4.69) is 5.32 Å². The van der Waals surface area contributed by atoms with Crippen molar-refractivity contribution in [3.63, 3.8) is 0 Å². The van der Waals surface area contributed by atoms with Crippen molar-refractivity contribution < 1.29 is 13.9 Å². The van der Waals surface area contributed by atoms with Crippen molar-refractivity contribution in [3.8, 4) is 5.75 Å². The predicted octanol–water partition coefficient (Wildman–Crippen LogP) is 1.48. The summed E-state index contributed by atoms with van der Waals surface area (Å²) in [7, 11) is 1.54. The number of nitrogens with one attached hydrogen (secondary N) is 1. The Hall–Kier alpha value is -1.62. The maximum atomic E-state index is 13.1. The summed E-state index contributed by atoms with van der Waals surface area (Å²) in [4.78, 5) is 11.7. The van der Waals surface area contributed by atoms with Crippen molar-refractivity contribution in [3.05, 3.63) is 29.6 Å². The Morgan fingerprint density at radius 3 is 2.84 bits per heavy atom. The van der Waals surface area contributed by atoms with E-state index in [4.69, 9.17) is 10.5 Å². The number of carbonyl (C=O) groups excluding carboxylic acids is 1. The van der Waals surface area contributed by atoms with Gasteiger partial charge in [0.15, 0.2) is 0 Å². The smallest absolute Gasteiger partial charge is 0.224 e. The van der Waals surface area contributed by atoms with Gasteiger partial charge in [0.05, 0.1) is 7.11 Å². The van der Waals surface area contributed by atoms with E-state index >= 15 is 0 Å². The lowest BCUT2D eigenvalue weighted by Crippen LogP contribution is -2.35. The fourth-order valence-corrected chi connectivity index (χ4v) is 1.87. The van der Waals surface area contributed by atoms with Crippen LogP contribution in [0.1, 0.15) is 18.9 Å². The van der Waals surface area contributed by atoms with Gasteiger partial charge in [-0.2, -0.15) is 0 Å². The fourth-order valence-electron chi connectivity index (χ4n) is 1.87. The molecule has 3 N–H and O–H groups in total. The number of methoxy groups -OCH3 is 1.